The molecule has 0 aliphatic carbocycles. The molecule has 0 aromatic heterocycles. The Hall–Kier alpha value is -0.650. The highest BCUT2D eigenvalue weighted by molar-refractivity contribution is 6.30. The van der Waals surface area contributed by atoms with Crippen LogP contribution < -0.4 is 0 Å². The number of hydrogen-bond donors (Lipinski definition) is 1. The molecule has 0 bridgehead atoms. The van der Waals surface area contributed by atoms with Crippen molar-refractivity contribution in [3.8, 4) is 0 Å². The van der Waals surface area contributed by atoms with Gasteiger partial charge in [-0.15, -0.1) is 0 Å². The van der Waals surface area contributed by atoms with E-state index in [-0.39, 0.29) is 0 Å². The van der Waals surface area contributed by atoms with E-state index in [0.717, 1.165) is 38.3 Å². The highest BCUT2D eigenvalue weighted by Crippen LogP contribution is 2.18. The number of halogens is 1. The first kappa shape index (κ1) is 16.7. The fourth-order valence-electron chi connectivity index (χ4n) is 2.77. The van der Waals surface area contributed by atoms with Crippen molar-refractivity contribution in [2.45, 2.75) is 19.1 Å². The molecular formula is C16H25ClN2O2. The Kier molecular flexibility index (Phi) is 6.45. The summed E-state index contributed by atoms with van der Waals surface area (Å²) in [5.74, 6) is 0. The van der Waals surface area contributed by atoms with Gasteiger partial charge in [-0.25, -0.2) is 0 Å². The summed E-state index contributed by atoms with van der Waals surface area (Å²) in [7, 11) is 1.75. The zero-order valence-electron chi connectivity index (χ0n) is 12.8. The number of hydrogen-bond acceptors (Lipinski definition) is 4. The highest BCUT2D eigenvalue weighted by atomic mass is 35.5. The maximum atomic E-state index is 10.3. The van der Waals surface area contributed by atoms with Crippen LogP contribution in [0.2, 0.25) is 5.02 Å². The molecule has 0 spiro atoms. The molecule has 1 saturated heterocycles. The van der Waals surface area contributed by atoms with Crippen LogP contribution in [0.15, 0.2) is 24.3 Å². The van der Waals surface area contributed by atoms with E-state index in [9.17, 15) is 5.11 Å². The van der Waals surface area contributed by atoms with E-state index in [0.29, 0.717) is 17.6 Å². The number of β-amino-alcohol motifs (C(OH)–C–C–N with tert-alkyl or cyclic N) is 1. The molecule has 1 aliphatic heterocycles. The molecule has 1 fully saturated rings. The first-order chi connectivity index (χ1) is 10.1. The lowest BCUT2D eigenvalue weighted by atomic mass is 10.1. The fraction of sp³-hybridized carbons (Fsp3) is 0.625. The summed E-state index contributed by atoms with van der Waals surface area (Å²) in [5.41, 5.74) is 0.926. The van der Waals surface area contributed by atoms with Crippen molar-refractivity contribution in [1.82, 2.24) is 9.80 Å². The summed E-state index contributed by atoms with van der Waals surface area (Å²) in [6, 6.07) is 7.89. The van der Waals surface area contributed by atoms with Gasteiger partial charge in [-0.1, -0.05) is 23.7 Å². The number of piperazine rings is 1. The van der Waals surface area contributed by atoms with Gasteiger partial charge >= 0.3 is 0 Å². The van der Waals surface area contributed by atoms with Crippen molar-refractivity contribution in [2.24, 2.45) is 0 Å². The van der Waals surface area contributed by atoms with Crippen molar-refractivity contribution in [1.29, 1.82) is 0 Å². The van der Waals surface area contributed by atoms with Gasteiger partial charge in [-0.2, -0.15) is 0 Å². The molecule has 0 amide bonds. The second-order valence-electron chi connectivity index (χ2n) is 5.71. The number of ether oxygens (including phenoxy) is 1. The number of aliphatic hydroxyl groups is 1. The van der Waals surface area contributed by atoms with Crippen LogP contribution in [0.3, 0.4) is 0 Å². The Morgan fingerprint density at radius 2 is 1.81 bits per heavy atom. The molecule has 5 heteroatoms. The van der Waals surface area contributed by atoms with Crippen molar-refractivity contribution in [3.63, 3.8) is 0 Å². The molecule has 2 atom stereocenters. The van der Waals surface area contributed by atoms with E-state index >= 15 is 0 Å². The molecule has 0 saturated carbocycles. The molecular weight excluding hydrogens is 288 g/mol. The lowest BCUT2D eigenvalue weighted by Crippen LogP contribution is -2.51. The monoisotopic (exact) mass is 312 g/mol. The third-order valence-electron chi connectivity index (χ3n) is 4.12. The number of nitrogens with zero attached hydrogens (tertiary/aromatic N) is 2. The quantitative estimate of drug-likeness (QED) is 0.872. The lowest BCUT2D eigenvalue weighted by Gasteiger charge is -2.38. The summed E-state index contributed by atoms with van der Waals surface area (Å²) >= 11 is 5.87. The van der Waals surface area contributed by atoms with Gasteiger partial charge in [0.1, 0.15) is 0 Å². The average Bonchev–Trinajstić information content (AvgIpc) is 2.49. The van der Waals surface area contributed by atoms with Crippen molar-refractivity contribution in [2.75, 3.05) is 46.4 Å². The fourth-order valence-corrected chi connectivity index (χ4v) is 2.89. The van der Waals surface area contributed by atoms with Gasteiger partial charge in [0.05, 0.1) is 12.7 Å². The minimum absolute atomic E-state index is 0.454. The van der Waals surface area contributed by atoms with Gasteiger partial charge < -0.3 is 9.84 Å². The second-order valence-corrected chi connectivity index (χ2v) is 6.14. The molecule has 2 rings (SSSR count). The number of methoxy groups -OCH3 is 1. The Balaban J connectivity index is 1.79. The van der Waals surface area contributed by atoms with Crippen LogP contribution in [0, 0.1) is 0 Å². The summed E-state index contributed by atoms with van der Waals surface area (Å²) in [6.45, 7) is 7.66. The van der Waals surface area contributed by atoms with Gasteiger partial charge in [0.25, 0.3) is 0 Å². The standard InChI is InChI=1S/C16H25ClN2O2/c1-13(12-21-2)19-9-7-18(8-10-19)11-16(20)14-3-5-15(17)6-4-14/h3-6,13,16,20H,7-12H2,1-2H3. The summed E-state index contributed by atoms with van der Waals surface area (Å²) in [4.78, 5) is 4.75. The normalized spacial score (nSPS) is 20.4. The Bertz CT molecular complexity index is 419. The highest BCUT2D eigenvalue weighted by Gasteiger charge is 2.22. The number of benzene rings is 1. The minimum Gasteiger partial charge on any atom is -0.387 e. The zero-order chi connectivity index (χ0) is 15.2. The van der Waals surface area contributed by atoms with Gasteiger partial charge in [0.2, 0.25) is 0 Å². The van der Waals surface area contributed by atoms with Crippen molar-refractivity contribution >= 4 is 11.6 Å². The van der Waals surface area contributed by atoms with Crippen LogP contribution >= 0.6 is 11.6 Å². The number of rotatable bonds is 6. The predicted molar refractivity (Wildman–Crippen MR) is 85.8 cm³/mol. The number of aliphatic hydroxyl groups excluding tert-OH is 1. The van der Waals surface area contributed by atoms with Crippen LogP contribution in [0.4, 0.5) is 0 Å². The summed E-state index contributed by atoms with van der Waals surface area (Å²) < 4.78 is 5.21. The topological polar surface area (TPSA) is 35.9 Å². The molecule has 4 nitrogen and oxygen atoms in total. The van der Waals surface area contributed by atoms with Gasteiger partial charge in [-0.3, -0.25) is 9.80 Å². The predicted octanol–water partition coefficient (Wildman–Crippen LogP) is 2.03. The van der Waals surface area contributed by atoms with Gasteiger partial charge in [0, 0.05) is 50.9 Å². The average molecular weight is 313 g/mol. The Labute approximate surface area is 132 Å². The van der Waals surface area contributed by atoms with E-state index in [1.807, 2.05) is 24.3 Å². The molecule has 1 aliphatic rings. The van der Waals surface area contributed by atoms with Gasteiger partial charge in [-0.05, 0) is 24.6 Å². The second kappa shape index (κ2) is 8.11. The zero-order valence-corrected chi connectivity index (χ0v) is 13.6. The van der Waals surface area contributed by atoms with Crippen LogP contribution in [-0.4, -0.2) is 67.4 Å². The molecule has 1 heterocycles. The molecule has 118 valence electrons. The minimum atomic E-state index is -0.454. The summed E-state index contributed by atoms with van der Waals surface area (Å²) in [5, 5.41) is 11.0. The van der Waals surface area contributed by atoms with Crippen molar-refractivity contribution < 1.29 is 9.84 Å². The van der Waals surface area contributed by atoms with E-state index in [2.05, 4.69) is 16.7 Å². The lowest BCUT2D eigenvalue weighted by molar-refractivity contribution is 0.0369. The molecule has 2 unspecified atom stereocenters. The van der Waals surface area contributed by atoms with Crippen LogP contribution in [0.1, 0.15) is 18.6 Å². The third kappa shape index (κ3) is 4.94. The van der Waals surface area contributed by atoms with E-state index < -0.39 is 6.10 Å². The van der Waals surface area contributed by atoms with Gasteiger partial charge in [0.15, 0.2) is 0 Å². The maximum absolute atomic E-state index is 10.3. The van der Waals surface area contributed by atoms with Crippen LogP contribution in [0.25, 0.3) is 0 Å². The Morgan fingerprint density at radius 1 is 1.19 bits per heavy atom. The van der Waals surface area contributed by atoms with E-state index in [1.54, 1.807) is 7.11 Å². The van der Waals surface area contributed by atoms with E-state index in [1.165, 1.54) is 0 Å². The first-order valence-electron chi connectivity index (χ1n) is 7.49. The third-order valence-corrected chi connectivity index (χ3v) is 4.38. The molecule has 1 N–H and O–H groups in total. The molecule has 1 aromatic rings. The first-order valence-corrected chi connectivity index (χ1v) is 7.87. The maximum Gasteiger partial charge on any atom is 0.0916 e. The van der Waals surface area contributed by atoms with Crippen LogP contribution in [0.5, 0.6) is 0 Å². The van der Waals surface area contributed by atoms with Crippen LogP contribution in [-0.2, 0) is 4.74 Å². The smallest absolute Gasteiger partial charge is 0.0916 e. The Morgan fingerprint density at radius 3 is 2.38 bits per heavy atom. The molecule has 0 radical (unpaired) electrons. The summed E-state index contributed by atoms with van der Waals surface area (Å²) in [6.07, 6.45) is -0.454. The molecule has 21 heavy (non-hydrogen) atoms. The SMILES string of the molecule is COCC(C)N1CCN(CC(O)c2ccc(Cl)cc2)CC1. The van der Waals surface area contributed by atoms with Crippen molar-refractivity contribution in [3.05, 3.63) is 34.9 Å². The van der Waals surface area contributed by atoms with E-state index in [4.69, 9.17) is 16.3 Å². The largest absolute Gasteiger partial charge is 0.387 e. The molecule has 1 aromatic carbocycles.